The first-order valence-electron chi connectivity index (χ1n) is 7.72. The van der Waals surface area contributed by atoms with Crippen molar-refractivity contribution in [2.45, 2.75) is 13.0 Å². The molecule has 0 aromatic heterocycles. The molecule has 24 heavy (non-hydrogen) atoms. The molecule has 1 N–H and O–H groups in total. The summed E-state index contributed by atoms with van der Waals surface area (Å²) in [5.74, 6) is 0.260. The van der Waals surface area contributed by atoms with Crippen LogP contribution in [0.2, 0.25) is 0 Å². The van der Waals surface area contributed by atoms with E-state index in [0.717, 1.165) is 22.1 Å². The normalized spacial score (nSPS) is 10.6. The van der Waals surface area contributed by atoms with E-state index in [1.165, 1.54) is 6.07 Å². The van der Waals surface area contributed by atoms with E-state index in [1.54, 1.807) is 25.3 Å². The number of hydrogen-bond donors (Lipinski definition) is 1. The van der Waals surface area contributed by atoms with Crippen molar-refractivity contribution < 1.29 is 13.9 Å². The second-order valence-corrected chi connectivity index (χ2v) is 5.59. The van der Waals surface area contributed by atoms with Crippen molar-refractivity contribution in [2.24, 2.45) is 0 Å². The summed E-state index contributed by atoms with van der Waals surface area (Å²) in [7, 11) is 1.64. The quantitative estimate of drug-likeness (QED) is 0.774. The zero-order valence-electron chi connectivity index (χ0n) is 13.4. The zero-order chi connectivity index (χ0) is 16.9. The summed E-state index contributed by atoms with van der Waals surface area (Å²) in [6.07, 6.45) is 0.0391. The molecule has 0 atom stereocenters. The molecule has 0 fully saturated rings. The van der Waals surface area contributed by atoms with E-state index < -0.39 is 0 Å². The van der Waals surface area contributed by atoms with E-state index in [1.807, 2.05) is 36.4 Å². The van der Waals surface area contributed by atoms with Gasteiger partial charge in [0, 0.05) is 6.54 Å². The predicted octanol–water partition coefficient (Wildman–Crippen LogP) is 3.85. The van der Waals surface area contributed by atoms with Gasteiger partial charge in [-0.3, -0.25) is 4.79 Å². The molecule has 0 saturated heterocycles. The molecule has 3 rings (SSSR count). The Balaban J connectivity index is 1.65. The van der Waals surface area contributed by atoms with E-state index in [9.17, 15) is 9.18 Å². The Morgan fingerprint density at radius 2 is 1.79 bits per heavy atom. The number of carbonyl (C=O) groups is 1. The van der Waals surface area contributed by atoms with Crippen LogP contribution in [-0.2, 0) is 17.8 Å². The van der Waals surface area contributed by atoms with Crippen LogP contribution in [0.5, 0.6) is 5.75 Å². The molecule has 0 aliphatic heterocycles. The van der Waals surface area contributed by atoms with Crippen LogP contribution in [0.4, 0.5) is 4.39 Å². The van der Waals surface area contributed by atoms with E-state index in [-0.39, 0.29) is 18.1 Å². The van der Waals surface area contributed by atoms with Gasteiger partial charge >= 0.3 is 0 Å². The molecule has 0 radical (unpaired) electrons. The summed E-state index contributed by atoms with van der Waals surface area (Å²) in [5.41, 5.74) is 1.40. The third-order valence-corrected chi connectivity index (χ3v) is 3.91. The zero-order valence-corrected chi connectivity index (χ0v) is 13.4. The minimum atomic E-state index is -0.354. The first kappa shape index (κ1) is 16.0. The fourth-order valence-corrected chi connectivity index (χ4v) is 2.59. The van der Waals surface area contributed by atoms with Gasteiger partial charge in [-0.2, -0.15) is 0 Å². The lowest BCUT2D eigenvalue weighted by molar-refractivity contribution is -0.120. The van der Waals surface area contributed by atoms with Crippen molar-refractivity contribution in [1.29, 1.82) is 0 Å². The standard InChI is InChI=1S/C20H18FNO2/c1-24-18-9-8-15-10-14(6-7-16(15)11-18)13-22-20(23)12-17-4-2-3-5-19(17)21/h2-11H,12-13H2,1H3,(H,22,23). The number of nitrogens with one attached hydrogen (secondary N) is 1. The van der Waals surface area contributed by atoms with E-state index in [0.29, 0.717) is 12.1 Å². The van der Waals surface area contributed by atoms with Gasteiger partial charge in [0.1, 0.15) is 11.6 Å². The Kier molecular flexibility index (Phi) is 4.75. The number of amides is 1. The summed E-state index contributed by atoms with van der Waals surface area (Å²) in [6.45, 7) is 0.412. The molecule has 0 unspecified atom stereocenters. The maximum Gasteiger partial charge on any atom is 0.224 e. The molecule has 0 heterocycles. The smallest absolute Gasteiger partial charge is 0.224 e. The lowest BCUT2D eigenvalue weighted by Gasteiger charge is -2.08. The first-order chi connectivity index (χ1) is 11.7. The highest BCUT2D eigenvalue weighted by atomic mass is 19.1. The molecule has 3 aromatic carbocycles. The molecule has 0 saturated carbocycles. The highest BCUT2D eigenvalue weighted by Crippen LogP contribution is 2.21. The number of rotatable bonds is 5. The third-order valence-electron chi connectivity index (χ3n) is 3.91. The molecule has 0 aliphatic carbocycles. The van der Waals surface area contributed by atoms with Crippen molar-refractivity contribution in [2.75, 3.05) is 7.11 Å². The van der Waals surface area contributed by atoms with Gasteiger partial charge < -0.3 is 10.1 Å². The second kappa shape index (κ2) is 7.13. The maximum atomic E-state index is 13.6. The second-order valence-electron chi connectivity index (χ2n) is 5.59. The topological polar surface area (TPSA) is 38.3 Å². The van der Waals surface area contributed by atoms with Crippen LogP contribution in [0, 0.1) is 5.82 Å². The fraction of sp³-hybridized carbons (Fsp3) is 0.150. The van der Waals surface area contributed by atoms with Gasteiger partial charge in [-0.25, -0.2) is 4.39 Å². The van der Waals surface area contributed by atoms with Crippen LogP contribution in [0.1, 0.15) is 11.1 Å². The molecule has 3 aromatic rings. The lowest BCUT2D eigenvalue weighted by Crippen LogP contribution is -2.24. The van der Waals surface area contributed by atoms with Gasteiger partial charge in [-0.15, -0.1) is 0 Å². The highest BCUT2D eigenvalue weighted by molar-refractivity contribution is 5.84. The molecule has 0 bridgehead atoms. The molecule has 1 amide bonds. The van der Waals surface area contributed by atoms with Gasteiger partial charge in [0.05, 0.1) is 13.5 Å². The molecule has 4 heteroatoms. The van der Waals surface area contributed by atoms with Crippen LogP contribution < -0.4 is 10.1 Å². The Morgan fingerprint density at radius 3 is 2.58 bits per heavy atom. The van der Waals surface area contributed by atoms with Crippen LogP contribution in [0.3, 0.4) is 0 Å². The number of benzene rings is 3. The van der Waals surface area contributed by atoms with Crippen LogP contribution in [0.15, 0.2) is 60.7 Å². The monoisotopic (exact) mass is 323 g/mol. The minimum Gasteiger partial charge on any atom is -0.497 e. The van der Waals surface area contributed by atoms with Crippen LogP contribution in [0.25, 0.3) is 10.8 Å². The minimum absolute atomic E-state index is 0.0391. The molecular weight excluding hydrogens is 305 g/mol. The van der Waals surface area contributed by atoms with Gasteiger partial charge in [-0.1, -0.05) is 36.4 Å². The number of hydrogen-bond acceptors (Lipinski definition) is 2. The number of carbonyl (C=O) groups excluding carboxylic acids is 1. The van der Waals surface area contributed by atoms with Crippen molar-refractivity contribution in [1.82, 2.24) is 5.32 Å². The first-order valence-corrected chi connectivity index (χ1v) is 7.72. The Labute approximate surface area is 140 Å². The van der Waals surface area contributed by atoms with E-state index in [4.69, 9.17) is 4.74 Å². The van der Waals surface area contributed by atoms with Gasteiger partial charge in [0.2, 0.25) is 5.91 Å². The largest absolute Gasteiger partial charge is 0.497 e. The average Bonchev–Trinajstić information content (AvgIpc) is 2.61. The van der Waals surface area contributed by atoms with Crippen LogP contribution >= 0.6 is 0 Å². The lowest BCUT2D eigenvalue weighted by atomic mass is 10.1. The molecule has 3 nitrogen and oxygen atoms in total. The molecule has 122 valence electrons. The van der Waals surface area contributed by atoms with Crippen LogP contribution in [-0.4, -0.2) is 13.0 Å². The Bertz CT molecular complexity index is 876. The summed E-state index contributed by atoms with van der Waals surface area (Å²) in [5, 5.41) is 4.99. The van der Waals surface area contributed by atoms with Crippen molar-refractivity contribution in [3.05, 3.63) is 77.6 Å². The van der Waals surface area contributed by atoms with Gasteiger partial charge in [-0.05, 0) is 46.2 Å². The average molecular weight is 323 g/mol. The summed E-state index contributed by atoms with van der Waals surface area (Å²) >= 11 is 0. The van der Waals surface area contributed by atoms with Crippen molar-refractivity contribution >= 4 is 16.7 Å². The Morgan fingerprint density at radius 1 is 1.04 bits per heavy atom. The van der Waals surface area contributed by atoms with E-state index in [2.05, 4.69) is 5.32 Å². The number of methoxy groups -OCH3 is 1. The summed E-state index contributed by atoms with van der Waals surface area (Å²) in [6, 6.07) is 18.2. The SMILES string of the molecule is COc1ccc2cc(CNC(=O)Cc3ccccc3F)ccc2c1. The maximum absolute atomic E-state index is 13.6. The molecule has 0 aliphatic rings. The van der Waals surface area contributed by atoms with E-state index >= 15 is 0 Å². The number of halogens is 1. The third kappa shape index (κ3) is 3.71. The molecule has 0 spiro atoms. The predicted molar refractivity (Wildman–Crippen MR) is 92.5 cm³/mol. The van der Waals surface area contributed by atoms with Crippen molar-refractivity contribution in [3.63, 3.8) is 0 Å². The fourth-order valence-electron chi connectivity index (χ4n) is 2.59. The van der Waals surface area contributed by atoms with Gasteiger partial charge in [0.15, 0.2) is 0 Å². The van der Waals surface area contributed by atoms with Gasteiger partial charge in [0.25, 0.3) is 0 Å². The van der Waals surface area contributed by atoms with Crippen molar-refractivity contribution in [3.8, 4) is 5.75 Å². The number of fused-ring (bicyclic) bond motifs is 1. The highest BCUT2D eigenvalue weighted by Gasteiger charge is 2.07. The summed E-state index contributed by atoms with van der Waals surface area (Å²) < 4.78 is 18.8. The molecular formula is C20H18FNO2. The Hall–Kier alpha value is -2.88. The number of ether oxygens (including phenoxy) is 1. The summed E-state index contributed by atoms with van der Waals surface area (Å²) in [4.78, 5) is 12.0.